The summed E-state index contributed by atoms with van der Waals surface area (Å²) in [5, 5.41) is 0. The van der Waals surface area contributed by atoms with E-state index in [4.69, 9.17) is 9.16 Å². The number of hydrogen-bond acceptors (Lipinski definition) is 3. The van der Waals surface area contributed by atoms with Gasteiger partial charge in [0.25, 0.3) is 0 Å². The van der Waals surface area contributed by atoms with Crippen molar-refractivity contribution >= 4 is 15.0 Å². The molecule has 1 rings (SSSR count). The molecule has 0 aliphatic carbocycles. The van der Waals surface area contributed by atoms with Gasteiger partial charge in [0, 0.05) is 13.5 Å². The lowest BCUT2D eigenvalue weighted by molar-refractivity contribution is -0.151. The van der Waals surface area contributed by atoms with E-state index in [0.717, 1.165) is 6.61 Å². The van der Waals surface area contributed by atoms with Crippen molar-refractivity contribution in [3.8, 4) is 0 Å². The minimum absolute atomic E-state index is 0.225. The molecule has 1 aliphatic heterocycles. The molecule has 1 aliphatic rings. The van der Waals surface area contributed by atoms with Crippen molar-refractivity contribution < 1.29 is 14.0 Å². The molecule has 0 N–H and O–H groups in total. The minimum Gasteiger partial charge on any atom is -0.460 e. The monoisotopic (exact) mass is 232 g/mol. The molecular formula is C11H24O3Si. The van der Waals surface area contributed by atoms with Crippen LogP contribution in [0.5, 0.6) is 0 Å². The van der Waals surface area contributed by atoms with Crippen molar-refractivity contribution in [1.82, 2.24) is 0 Å². The number of esters is 1. The van der Waals surface area contributed by atoms with Crippen LogP contribution in [0.1, 0.15) is 40.5 Å². The van der Waals surface area contributed by atoms with E-state index in [9.17, 15) is 4.79 Å². The third-order valence-corrected chi connectivity index (χ3v) is 3.88. The first-order chi connectivity index (χ1) is 6.81. The number of rotatable bonds is 0. The molecule has 0 spiro atoms. The number of ether oxygens (including phenoxy) is 1. The molecule has 1 fully saturated rings. The largest absolute Gasteiger partial charge is 0.460 e. The molecular weight excluding hydrogens is 208 g/mol. The second-order valence-electron chi connectivity index (χ2n) is 4.88. The molecule has 3 nitrogen and oxygen atoms in total. The Hall–Kier alpha value is -0.353. The lowest BCUT2D eigenvalue weighted by atomic mass is 10.2. The summed E-state index contributed by atoms with van der Waals surface area (Å²) in [5.41, 5.74) is -0.328. The Balaban J connectivity index is 0.000000262. The van der Waals surface area contributed by atoms with Crippen LogP contribution in [0, 0.1) is 0 Å². The van der Waals surface area contributed by atoms with Crippen LogP contribution in [0.2, 0.25) is 12.6 Å². The lowest BCUT2D eigenvalue weighted by Gasteiger charge is -2.17. The van der Waals surface area contributed by atoms with E-state index in [-0.39, 0.29) is 11.6 Å². The van der Waals surface area contributed by atoms with Crippen molar-refractivity contribution in [2.75, 3.05) is 6.61 Å². The minimum atomic E-state index is -0.595. The molecule has 1 unspecified atom stereocenters. The molecule has 0 aromatic heterocycles. The van der Waals surface area contributed by atoms with Gasteiger partial charge in [-0.2, -0.15) is 0 Å². The summed E-state index contributed by atoms with van der Waals surface area (Å²) < 4.78 is 10.2. The first kappa shape index (κ1) is 14.6. The van der Waals surface area contributed by atoms with Gasteiger partial charge in [-0.25, -0.2) is 0 Å². The first-order valence-corrected chi connectivity index (χ1v) is 8.06. The van der Waals surface area contributed by atoms with Crippen LogP contribution in [0.15, 0.2) is 0 Å². The van der Waals surface area contributed by atoms with E-state index in [2.05, 4.69) is 6.55 Å². The Bertz CT molecular complexity index is 181. The van der Waals surface area contributed by atoms with Crippen molar-refractivity contribution in [2.24, 2.45) is 0 Å². The standard InChI is InChI=1S/C6H12O2.C5H12OSi/c1-5(7)8-6(2,3)4;1-7-5-3-2-4-6-7/h1-4H3;7H,2-5H2,1H3. The summed E-state index contributed by atoms with van der Waals surface area (Å²) in [6.45, 7) is 10.3. The van der Waals surface area contributed by atoms with E-state index < -0.39 is 9.04 Å². The van der Waals surface area contributed by atoms with E-state index in [1.807, 2.05) is 20.8 Å². The topological polar surface area (TPSA) is 35.5 Å². The molecule has 0 aromatic rings. The van der Waals surface area contributed by atoms with E-state index >= 15 is 0 Å². The fourth-order valence-electron chi connectivity index (χ4n) is 1.33. The number of hydrogen-bond donors (Lipinski definition) is 0. The quantitative estimate of drug-likeness (QED) is 0.475. The van der Waals surface area contributed by atoms with Crippen molar-refractivity contribution in [3.05, 3.63) is 0 Å². The Kier molecular flexibility index (Phi) is 6.84. The second-order valence-corrected chi connectivity index (χ2v) is 7.42. The molecule has 1 atom stereocenters. The highest BCUT2D eigenvalue weighted by Crippen LogP contribution is 2.09. The molecule has 0 radical (unpaired) electrons. The van der Waals surface area contributed by atoms with Crippen LogP contribution in [-0.4, -0.2) is 27.2 Å². The van der Waals surface area contributed by atoms with Gasteiger partial charge in [-0.15, -0.1) is 0 Å². The molecule has 4 heteroatoms. The summed E-state index contributed by atoms with van der Waals surface area (Å²) in [6, 6.07) is 1.40. The van der Waals surface area contributed by atoms with Crippen molar-refractivity contribution in [1.29, 1.82) is 0 Å². The summed E-state index contributed by atoms with van der Waals surface area (Å²) >= 11 is 0. The molecule has 0 amide bonds. The second kappa shape index (κ2) is 7.01. The molecule has 1 saturated heterocycles. The Morgan fingerprint density at radius 3 is 2.07 bits per heavy atom. The van der Waals surface area contributed by atoms with Gasteiger partial charge in [-0.05, 0) is 39.8 Å². The van der Waals surface area contributed by atoms with Crippen LogP contribution < -0.4 is 0 Å². The van der Waals surface area contributed by atoms with E-state index in [1.165, 1.54) is 25.8 Å². The van der Waals surface area contributed by atoms with E-state index in [1.54, 1.807) is 0 Å². The maximum Gasteiger partial charge on any atom is 0.303 e. The summed E-state index contributed by atoms with van der Waals surface area (Å²) in [5.74, 6) is -0.225. The normalized spacial score (nSPS) is 21.3. The Labute approximate surface area is 94.9 Å². The average Bonchev–Trinajstić information content (AvgIpc) is 2.01. The predicted octanol–water partition coefficient (Wildman–Crippen LogP) is 2.50. The SMILES string of the molecule is CC(=O)OC(C)(C)C.C[SiH]1CCCCO1. The zero-order valence-electron chi connectivity index (χ0n) is 10.6. The zero-order valence-corrected chi connectivity index (χ0v) is 11.8. The van der Waals surface area contributed by atoms with Crippen LogP contribution in [-0.2, 0) is 14.0 Å². The van der Waals surface area contributed by atoms with Gasteiger partial charge in [0.05, 0.1) is 0 Å². The molecule has 15 heavy (non-hydrogen) atoms. The highest BCUT2D eigenvalue weighted by molar-refractivity contribution is 6.50. The van der Waals surface area contributed by atoms with Crippen molar-refractivity contribution in [2.45, 2.75) is 58.7 Å². The van der Waals surface area contributed by atoms with Crippen LogP contribution in [0.4, 0.5) is 0 Å². The maximum absolute atomic E-state index is 10.2. The smallest absolute Gasteiger partial charge is 0.303 e. The van der Waals surface area contributed by atoms with Crippen LogP contribution in [0.3, 0.4) is 0 Å². The number of carbonyl (C=O) groups is 1. The highest BCUT2D eigenvalue weighted by Gasteiger charge is 2.11. The summed E-state index contributed by atoms with van der Waals surface area (Å²) in [7, 11) is -0.595. The third-order valence-electron chi connectivity index (χ3n) is 1.86. The summed E-state index contributed by atoms with van der Waals surface area (Å²) in [6.07, 6.45) is 2.73. The van der Waals surface area contributed by atoms with Gasteiger partial charge < -0.3 is 9.16 Å². The molecule has 90 valence electrons. The predicted molar refractivity (Wildman–Crippen MR) is 64.5 cm³/mol. The van der Waals surface area contributed by atoms with Gasteiger partial charge in [0.2, 0.25) is 0 Å². The summed E-state index contributed by atoms with van der Waals surface area (Å²) in [4.78, 5) is 10.2. The molecule has 0 saturated carbocycles. The van der Waals surface area contributed by atoms with Gasteiger partial charge in [-0.1, -0.05) is 6.42 Å². The maximum atomic E-state index is 10.2. The zero-order chi connectivity index (χ0) is 11.9. The van der Waals surface area contributed by atoms with Gasteiger partial charge in [-0.3, -0.25) is 4.79 Å². The van der Waals surface area contributed by atoms with Gasteiger partial charge in [0.1, 0.15) is 5.60 Å². The van der Waals surface area contributed by atoms with Crippen LogP contribution in [0.25, 0.3) is 0 Å². The highest BCUT2D eigenvalue weighted by atomic mass is 28.3. The average molecular weight is 232 g/mol. The van der Waals surface area contributed by atoms with Crippen molar-refractivity contribution in [3.63, 3.8) is 0 Å². The van der Waals surface area contributed by atoms with Crippen LogP contribution >= 0.6 is 0 Å². The first-order valence-electron chi connectivity index (χ1n) is 5.62. The molecule has 0 aromatic carbocycles. The molecule has 1 heterocycles. The van der Waals surface area contributed by atoms with Gasteiger partial charge >= 0.3 is 5.97 Å². The molecule has 0 bridgehead atoms. The van der Waals surface area contributed by atoms with E-state index in [0.29, 0.717) is 0 Å². The Morgan fingerprint density at radius 2 is 1.93 bits per heavy atom. The number of carbonyl (C=O) groups excluding carboxylic acids is 1. The third kappa shape index (κ3) is 11.6. The fraction of sp³-hybridized carbons (Fsp3) is 0.909. The Morgan fingerprint density at radius 1 is 1.33 bits per heavy atom. The van der Waals surface area contributed by atoms with Gasteiger partial charge in [0.15, 0.2) is 9.04 Å². The fourth-order valence-corrected chi connectivity index (χ4v) is 2.93. The lowest BCUT2D eigenvalue weighted by Crippen LogP contribution is -2.21.